The largest absolute Gasteiger partial charge is 0.355 e. The van der Waals surface area contributed by atoms with Crippen LogP contribution in [0, 0.1) is 0 Å². The normalized spacial score (nSPS) is 22.7. The SMILES string of the molecule is C(=C\C1CCOCO1)/c1ccccc1. The topological polar surface area (TPSA) is 18.5 Å². The summed E-state index contributed by atoms with van der Waals surface area (Å²) in [4.78, 5) is 0. The van der Waals surface area contributed by atoms with Gasteiger partial charge in [0.25, 0.3) is 0 Å². The van der Waals surface area contributed by atoms with Crippen LogP contribution in [0.25, 0.3) is 6.08 Å². The number of benzene rings is 1. The van der Waals surface area contributed by atoms with Crippen LogP contribution >= 0.6 is 0 Å². The lowest BCUT2D eigenvalue weighted by Crippen LogP contribution is -2.21. The lowest BCUT2D eigenvalue weighted by molar-refractivity contribution is -0.122. The Morgan fingerprint density at radius 1 is 1.21 bits per heavy atom. The summed E-state index contributed by atoms with van der Waals surface area (Å²) in [6.07, 6.45) is 5.35. The van der Waals surface area contributed by atoms with Gasteiger partial charge in [0.2, 0.25) is 0 Å². The first-order valence-electron chi connectivity index (χ1n) is 4.88. The van der Waals surface area contributed by atoms with Crippen molar-refractivity contribution in [2.24, 2.45) is 0 Å². The second-order valence-electron chi connectivity index (χ2n) is 3.29. The fourth-order valence-electron chi connectivity index (χ4n) is 1.41. The van der Waals surface area contributed by atoms with Crippen molar-refractivity contribution in [1.29, 1.82) is 0 Å². The average Bonchev–Trinajstić information content (AvgIpc) is 2.29. The van der Waals surface area contributed by atoms with E-state index in [1.54, 1.807) is 0 Å². The second-order valence-corrected chi connectivity index (χ2v) is 3.29. The maximum atomic E-state index is 5.39. The molecule has 2 heteroatoms. The lowest BCUT2D eigenvalue weighted by atomic mass is 10.1. The van der Waals surface area contributed by atoms with Gasteiger partial charge < -0.3 is 9.47 Å². The van der Waals surface area contributed by atoms with E-state index < -0.39 is 0 Å². The Morgan fingerprint density at radius 3 is 2.79 bits per heavy atom. The van der Waals surface area contributed by atoms with Crippen molar-refractivity contribution in [1.82, 2.24) is 0 Å². The molecule has 2 rings (SSSR count). The van der Waals surface area contributed by atoms with Crippen LogP contribution in [0.4, 0.5) is 0 Å². The zero-order chi connectivity index (χ0) is 9.64. The molecule has 0 radical (unpaired) electrons. The first kappa shape index (κ1) is 9.44. The van der Waals surface area contributed by atoms with E-state index in [0.29, 0.717) is 6.79 Å². The first-order valence-corrected chi connectivity index (χ1v) is 4.88. The fraction of sp³-hybridized carbons (Fsp3) is 0.333. The molecule has 1 heterocycles. The molecular formula is C12H14O2. The van der Waals surface area contributed by atoms with E-state index in [1.165, 1.54) is 5.56 Å². The van der Waals surface area contributed by atoms with Gasteiger partial charge in [-0.1, -0.05) is 42.5 Å². The van der Waals surface area contributed by atoms with E-state index in [-0.39, 0.29) is 6.10 Å². The highest BCUT2D eigenvalue weighted by Crippen LogP contribution is 2.09. The average molecular weight is 190 g/mol. The third-order valence-electron chi connectivity index (χ3n) is 2.22. The Hall–Kier alpha value is -1.12. The quantitative estimate of drug-likeness (QED) is 0.713. The van der Waals surface area contributed by atoms with E-state index in [0.717, 1.165) is 13.0 Å². The molecule has 0 saturated carbocycles. The molecule has 0 N–H and O–H groups in total. The Kier molecular flexibility index (Phi) is 3.33. The van der Waals surface area contributed by atoms with Gasteiger partial charge in [-0.05, 0) is 5.56 Å². The molecule has 1 saturated heterocycles. The molecule has 0 spiro atoms. The molecule has 0 amide bonds. The molecule has 1 aromatic rings. The summed E-state index contributed by atoms with van der Waals surface area (Å²) in [7, 11) is 0. The molecule has 74 valence electrons. The minimum atomic E-state index is 0.212. The Balaban J connectivity index is 1.93. The van der Waals surface area contributed by atoms with Crippen LogP contribution in [0.15, 0.2) is 36.4 Å². The number of rotatable bonds is 2. The van der Waals surface area contributed by atoms with Gasteiger partial charge in [-0.25, -0.2) is 0 Å². The molecule has 1 fully saturated rings. The van der Waals surface area contributed by atoms with Gasteiger partial charge in [-0.2, -0.15) is 0 Å². The van der Waals surface area contributed by atoms with E-state index in [9.17, 15) is 0 Å². The molecule has 14 heavy (non-hydrogen) atoms. The molecule has 2 nitrogen and oxygen atoms in total. The third kappa shape index (κ3) is 2.69. The van der Waals surface area contributed by atoms with E-state index in [1.807, 2.05) is 18.2 Å². The van der Waals surface area contributed by atoms with Gasteiger partial charge >= 0.3 is 0 Å². The molecule has 1 aromatic carbocycles. The van der Waals surface area contributed by atoms with Crippen LogP contribution < -0.4 is 0 Å². The van der Waals surface area contributed by atoms with Gasteiger partial charge in [-0.3, -0.25) is 0 Å². The van der Waals surface area contributed by atoms with E-state index in [4.69, 9.17) is 9.47 Å². The zero-order valence-corrected chi connectivity index (χ0v) is 8.06. The van der Waals surface area contributed by atoms with E-state index in [2.05, 4.69) is 24.3 Å². The fourth-order valence-corrected chi connectivity index (χ4v) is 1.41. The molecule has 1 aliphatic heterocycles. The van der Waals surface area contributed by atoms with Crippen molar-refractivity contribution >= 4 is 6.08 Å². The van der Waals surface area contributed by atoms with Crippen LogP contribution in [0.1, 0.15) is 12.0 Å². The van der Waals surface area contributed by atoms with Gasteiger partial charge in [0, 0.05) is 6.42 Å². The van der Waals surface area contributed by atoms with Crippen molar-refractivity contribution in [3.63, 3.8) is 0 Å². The zero-order valence-electron chi connectivity index (χ0n) is 8.06. The molecule has 1 atom stereocenters. The Bertz CT molecular complexity index is 286. The monoisotopic (exact) mass is 190 g/mol. The lowest BCUT2D eigenvalue weighted by Gasteiger charge is -2.19. The Labute approximate surface area is 84.2 Å². The second kappa shape index (κ2) is 4.94. The van der Waals surface area contributed by atoms with Gasteiger partial charge in [0.15, 0.2) is 0 Å². The van der Waals surface area contributed by atoms with Crippen LogP contribution in [-0.4, -0.2) is 19.5 Å². The molecule has 0 aromatic heterocycles. The highest BCUT2D eigenvalue weighted by Gasteiger charge is 2.09. The summed E-state index contributed by atoms with van der Waals surface area (Å²) in [5.41, 5.74) is 1.21. The Morgan fingerprint density at radius 2 is 2.07 bits per heavy atom. The summed E-state index contributed by atoms with van der Waals surface area (Å²) >= 11 is 0. The third-order valence-corrected chi connectivity index (χ3v) is 2.22. The van der Waals surface area contributed by atoms with Crippen LogP contribution in [0.3, 0.4) is 0 Å². The number of hydrogen-bond acceptors (Lipinski definition) is 2. The van der Waals surface area contributed by atoms with Gasteiger partial charge in [0.1, 0.15) is 6.79 Å². The van der Waals surface area contributed by atoms with E-state index >= 15 is 0 Å². The van der Waals surface area contributed by atoms with Crippen molar-refractivity contribution in [2.45, 2.75) is 12.5 Å². The molecular weight excluding hydrogens is 176 g/mol. The van der Waals surface area contributed by atoms with Crippen molar-refractivity contribution in [3.05, 3.63) is 42.0 Å². The van der Waals surface area contributed by atoms with Gasteiger partial charge in [0.05, 0.1) is 12.7 Å². The summed E-state index contributed by atoms with van der Waals surface area (Å²) in [5, 5.41) is 0. The molecule has 0 bridgehead atoms. The van der Waals surface area contributed by atoms with Crippen LogP contribution in [-0.2, 0) is 9.47 Å². The molecule has 0 aliphatic carbocycles. The van der Waals surface area contributed by atoms with Crippen molar-refractivity contribution in [3.8, 4) is 0 Å². The predicted octanol–water partition coefficient (Wildman–Crippen LogP) is 2.46. The standard InChI is InChI=1S/C12H14O2/c1-2-4-11(5-3-1)6-7-12-8-9-13-10-14-12/h1-7,12H,8-10H2/b7-6+. The van der Waals surface area contributed by atoms with Crippen molar-refractivity contribution < 1.29 is 9.47 Å². The number of ether oxygens (including phenoxy) is 2. The van der Waals surface area contributed by atoms with Crippen LogP contribution in [0.5, 0.6) is 0 Å². The summed E-state index contributed by atoms with van der Waals surface area (Å²) in [6.45, 7) is 1.22. The number of hydrogen-bond donors (Lipinski definition) is 0. The highest BCUT2D eigenvalue weighted by molar-refractivity contribution is 5.49. The van der Waals surface area contributed by atoms with Crippen molar-refractivity contribution in [2.75, 3.05) is 13.4 Å². The highest BCUT2D eigenvalue weighted by atomic mass is 16.7. The predicted molar refractivity (Wildman–Crippen MR) is 55.8 cm³/mol. The van der Waals surface area contributed by atoms with Gasteiger partial charge in [-0.15, -0.1) is 0 Å². The molecule has 1 aliphatic rings. The first-order chi connectivity index (χ1) is 6.95. The maximum Gasteiger partial charge on any atom is 0.147 e. The summed E-state index contributed by atoms with van der Waals surface area (Å²) in [6, 6.07) is 10.2. The molecule has 1 unspecified atom stereocenters. The van der Waals surface area contributed by atoms with Crippen LogP contribution in [0.2, 0.25) is 0 Å². The summed E-state index contributed by atoms with van der Waals surface area (Å²) in [5.74, 6) is 0. The smallest absolute Gasteiger partial charge is 0.147 e. The maximum absolute atomic E-state index is 5.39. The minimum absolute atomic E-state index is 0.212. The minimum Gasteiger partial charge on any atom is -0.355 e. The summed E-state index contributed by atoms with van der Waals surface area (Å²) < 4.78 is 10.5.